The van der Waals surface area contributed by atoms with Crippen molar-refractivity contribution in [2.24, 2.45) is 5.92 Å². The molecule has 0 saturated heterocycles. The van der Waals surface area contributed by atoms with E-state index in [1.54, 1.807) is 25.3 Å². The van der Waals surface area contributed by atoms with Gasteiger partial charge in [-0.15, -0.1) is 0 Å². The Morgan fingerprint density at radius 3 is 2.59 bits per heavy atom. The van der Waals surface area contributed by atoms with Crippen LogP contribution in [0.4, 0.5) is 0 Å². The van der Waals surface area contributed by atoms with Gasteiger partial charge in [0.05, 0.1) is 12.5 Å². The Hall–Kier alpha value is -3.15. The number of nitrogens with zero attached hydrogens (tertiary/aromatic N) is 2. The van der Waals surface area contributed by atoms with Gasteiger partial charge in [-0.3, -0.25) is 9.59 Å². The summed E-state index contributed by atoms with van der Waals surface area (Å²) in [5.74, 6) is 0.760. The maximum atomic E-state index is 12.9. The molecule has 6 nitrogen and oxygen atoms in total. The monoisotopic (exact) mass is 393 g/mol. The van der Waals surface area contributed by atoms with Crippen LogP contribution in [0.25, 0.3) is 10.8 Å². The number of rotatable bonds is 7. The molecule has 3 aromatic rings. The zero-order valence-corrected chi connectivity index (χ0v) is 17.4. The summed E-state index contributed by atoms with van der Waals surface area (Å²) in [5.41, 5.74) is 2.28. The molecular formula is C23H27N3O3. The molecule has 0 aliphatic heterocycles. The van der Waals surface area contributed by atoms with Crippen LogP contribution in [0.3, 0.4) is 0 Å². The molecule has 0 saturated carbocycles. The van der Waals surface area contributed by atoms with Crippen LogP contribution in [-0.4, -0.2) is 29.3 Å². The van der Waals surface area contributed by atoms with Crippen LogP contribution in [0.5, 0.6) is 5.75 Å². The van der Waals surface area contributed by atoms with Crippen molar-refractivity contribution < 1.29 is 9.53 Å². The van der Waals surface area contributed by atoms with Gasteiger partial charge in [0.15, 0.2) is 5.69 Å². The summed E-state index contributed by atoms with van der Waals surface area (Å²) in [6.07, 6.45) is 0.639. The lowest BCUT2D eigenvalue weighted by atomic mass is 10.1. The number of fused-ring (bicyclic) bond motifs is 1. The maximum absolute atomic E-state index is 12.9. The van der Waals surface area contributed by atoms with Gasteiger partial charge in [-0.2, -0.15) is 5.10 Å². The van der Waals surface area contributed by atoms with Crippen LogP contribution >= 0.6 is 0 Å². The van der Waals surface area contributed by atoms with Crippen LogP contribution in [0.1, 0.15) is 35.5 Å². The predicted octanol–water partition coefficient (Wildman–Crippen LogP) is 3.34. The number of carbonyl (C=O) groups is 1. The van der Waals surface area contributed by atoms with Gasteiger partial charge < -0.3 is 10.1 Å². The SMILES string of the molecule is COc1ccc(C)cc1CCNC(=O)c1nn(CC(C)C)c(=O)c2ccccc12. The second kappa shape index (κ2) is 8.90. The number of methoxy groups -OCH3 is 1. The third kappa shape index (κ3) is 4.65. The first-order chi connectivity index (χ1) is 13.9. The zero-order valence-electron chi connectivity index (χ0n) is 17.4. The zero-order chi connectivity index (χ0) is 21.0. The summed E-state index contributed by atoms with van der Waals surface area (Å²) in [5, 5.41) is 8.40. The summed E-state index contributed by atoms with van der Waals surface area (Å²) < 4.78 is 6.80. The second-order valence-corrected chi connectivity index (χ2v) is 7.60. The van der Waals surface area contributed by atoms with Crippen LogP contribution < -0.4 is 15.6 Å². The average molecular weight is 393 g/mol. The normalized spacial score (nSPS) is 11.1. The van der Waals surface area contributed by atoms with Gasteiger partial charge >= 0.3 is 0 Å². The standard InChI is InChI=1S/C23H27N3O3/c1-15(2)14-26-23(28)19-8-6-5-7-18(19)21(25-26)22(27)24-12-11-17-13-16(3)9-10-20(17)29-4/h5-10,13,15H,11-12,14H2,1-4H3,(H,24,27). The van der Waals surface area contributed by atoms with Gasteiger partial charge in [-0.05, 0) is 37.0 Å². The second-order valence-electron chi connectivity index (χ2n) is 7.60. The molecule has 1 heterocycles. The Morgan fingerprint density at radius 2 is 1.90 bits per heavy atom. The number of benzene rings is 2. The Labute approximate surface area is 170 Å². The van der Waals surface area contributed by atoms with Gasteiger partial charge in [-0.1, -0.05) is 49.7 Å². The van der Waals surface area contributed by atoms with Crippen LogP contribution in [-0.2, 0) is 13.0 Å². The number of amides is 1. The van der Waals surface area contributed by atoms with Gasteiger partial charge in [0.1, 0.15) is 5.75 Å². The molecule has 0 bridgehead atoms. The van der Waals surface area contributed by atoms with Gasteiger partial charge in [0.25, 0.3) is 11.5 Å². The number of ether oxygens (including phenoxy) is 1. The highest BCUT2D eigenvalue weighted by Gasteiger charge is 2.17. The molecule has 0 spiro atoms. The van der Waals surface area contributed by atoms with Crippen molar-refractivity contribution in [3.8, 4) is 5.75 Å². The summed E-state index contributed by atoms with van der Waals surface area (Å²) in [4.78, 5) is 25.6. The number of carbonyl (C=O) groups excluding carboxylic acids is 1. The fourth-order valence-corrected chi connectivity index (χ4v) is 3.37. The molecule has 0 atom stereocenters. The van der Waals surface area contributed by atoms with Crippen molar-refractivity contribution in [3.05, 3.63) is 69.6 Å². The maximum Gasteiger partial charge on any atom is 0.274 e. The van der Waals surface area contributed by atoms with Crippen molar-refractivity contribution in [3.63, 3.8) is 0 Å². The van der Waals surface area contributed by atoms with Crippen LogP contribution in [0, 0.1) is 12.8 Å². The fraction of sp³-hybridized carbons (Fsp3) is 0.348. The third-order valence-electron chi connectivity index (χ3n) is 4.74. The van der Waals surface area contributed by atoms with Crippen LogP contribution in [0.15, 0.2) is 47.3 Å². The third-order valence-corrected chi connectivity index (χ3v) is 4.74. The van der Waals surface area contributed by atoms with Gasteiger partial charge in [0.2, 0.25) is 0 Å². The highest BCUT2D eigenvalue weighted by Crippen LogP contribution is 2.20. The van der Waals surface area contributed by atoms with E-state index in [-0.39, 0.29) is 23.1 Å². The first-order valence-electron chi connectivity index (χ1n) is 9.82. The van der Waals surface area contributed by atoms with Crippen molar-refractivity contribution in [1.29, 1.82) is 0 Å². The molecular weight excluding hydrogens is 366 g/mol. The van der Waals surface area contributed by atoms with E-state index in [2.05, 4.69) is 16.5 Å². The number of hydrogen-bond donors (Lipinski definition) is 1. The first kappa shape index (κ1) is 20.6. The summed E-state index contributed by atoms with van der Waals surface area (Å²) in [6.45, 7) is 6.95. The predicted molar refractivity (Wildman–Crippen MR) is 115 cm³/mol. The largest absolute Gasteiger partial charge is 0.496 e. The molecule has 0 fully saturated rings. The molecule has 2 aromatic carbocycles. The van der Waals surface area contributed by atoms with Gasteiger partial charge in [-0.25, -0.2) is 4.68 Å². The van der Waals surface area contributed by atoms with E-state index in [9.17, 15) is 9.59 Å². The Morgan fingerprint density at radius 1 is 1.17 bits per heavy atom. The molecule has 6 heteroatoms. The molecule has 1 amide bonds. The van der Waals surface area contributed by atoms with Crippen molar-refractivity contribution in [2.45, 2.75) is 33.7 Å². The number of nitrogens with one attached hydrogen (secondary N) is 1. The smallest absolute Gasteiger partial charge is 0.274 e. The van der Waals surface area contributed by atoms with Crippen molar-refractivity contribution in [2.75, 3.05) is 13.7 Å². The molecule has 1 aromatic heterocycles. The van der Waals surface area contributed by atoms with Crippen molar-refractivity contribution >= 4 is 16.7 Å². The molecule has 29 heavy (non-hydrogen) atoms. The minimum Gasteiger partial charge on any atom is -0.496 e. The molecule has 0 unspecified atom stereocenters. The average Bonchev–Trinajstić information content (AvgIpc) is 2.70. The van der Waals surface area contributed by atoms with Gasteiger partial charge in [0, 0.05) is 18.5 Å². The summed E-state index contributed by atoms with van der Waals surface area (Å²) >= 11 is 0. The molecule has 0 radical (unpaired) electrons. The van der Waals surface area contributed by atoms with E-state index < -0.39 is 0 Å². The highest BCUT2D eigenvalue weighted by atomic mass is 16.5. The Kier molecular flexibility index (Phi) is 6.32. The molecule has 1 N–H and O–H groups in total. The molecule has 152 valence electrons. The topological polar surface area (TPSA) is 73.2 Å². The van der Waals surface area contributed by atoms with E-state index in [0.29, 0.717) is 30.3 Å². The van der Waals surface area contributed by atoms with E-state index in [1.165, 1.54) is 4.68 Å². The summed E-state index contributed by atoms with van der Waals surface area (Å²) in [6, 6.07) is 13.1. The molecule has 3 rings (SSSR count). The minimum atomic E-state index is -0.287. The number of aromatic nitrogens is 2. The van der Waals surface area contributed by atoms with E-state index in [1.807, 2.05) is 39.0 Å². The van der Waals surface area contributed by atoms with Crippen LogP contribution in [0.2, 0.25) is 0 Å². The van der Waals surface area contributed by atoms with E-state index in [4.69, 9.17) is 4.74 Å². The lowest BCUT2D eigenvalue weighted by molar-refractivity contribution is 0.0948. The summed E-state index contributed by atoms with van der Waals surface area (Å²) in [7, 11) is 1.64. The molecule has 0 aliphatic carbocycles. The van der Waals surface area contributed by atoms with Crippen molar-refractivity contribution in [1.82, 2.24) is 15.1 Å². The minimum absolute atomic E-state index is 0.171. The number of hydrogen-bond acceptors (Lipinski definition) is 4. The van der Waals surface area contributed by atoms with E-state index >= 15 is 0 Å². The first-order valence-corrected chi connectivity index (χ1v) is 9.82. The lowest BCUT2D eigenvalue weighted by Crippen LogP contribution is -2.32. The number of aryl methyl sites for hydroxylation is 1. The van der Waals surface area contributed by atoms with E-state index in [0.717, 1.165) is 16.9 Å². The lowest BCUT2D eigenvalue weighted by Gasteiger charge is -2.13. The Bertz CT molecular complexity index is 1090. The fourth-order valence-electron chi connectivity index (χ4n) is 3.37. The molecule has 0 aliphatic rings. The quantitative estimate of drug-likeness (QED) is 0.668. The Balaban J connectivity index is 1.85. The highest BCUT2D eigenvalue weighted by molar-refractivity contribution is 6.04.